The van der Waals surface area contributed by atoms with Crippen molar-refractivity contribution in [3.63, 3.8) is 0 Å². The number of hydrogen-bond acceptors (Lipinski definition) is 7. The normalized spacial score (nSPS) is 14.5. The fraction of sp³-hybridized carbons (Fsp3) is 0.600. The molecule has 1 aromatic carbocycles. The van der Waals surface area contributed by atoms with Gasteiger partial charge >= 0.3 is 15.2 Å². The highest BCUT2D eigenvalue weighted by molar-refractivity contribution is 7.79. The smallest absolute Gasteiger partial charge is 0.369 e. The molecule has 164 valence electrons. The van der Waals surface area contributed by atoms with Crippen LogP contribution in [0.15, 0.2) is 17.2 Å². The van der Waals surface area contributed by atoms with Crippen molar-refractivity contribution in [1.29, 1.82) is 0 Å². The predicted octanol–water partition coefficient (Wildman–Crippen LogP) is 6.10. The number of hydrogen-bond donors (Lipinski definition) is 1. The molecule has 0 amide bonds. The van der Waals surface area contributed by atoms with Crippen LogP contribution in [0.2, 0.25) is 0 Å². The molecule has 1 N–H and O–H groups in total. The minimum Gasteiger partial charge on any atom is -0.508 e. The molecule has 0 bridgehead atoms. The average molecular weight is 446 g/mol. The predicted molar refractivity (Wildman–Crippen MR) is 114 cm³/mol. The van der Waals surface area contributed by atoms with Gasteiger partial charge < -0.3 is 23.2 Å². The van der Waals surface area contributed by atoms with E-state index in [4.69, 9.17) is 18.1 Å². The van der Waals surface area contributed by atoms with Crippen LogP contribution < -0.4 is 0 Å². The fourth-order valence-electron chi connectivity index (χ4n) is 3.48. The largest absolute Gasteiger partial charge is 0.508 e. The Labute approximate surface area is 173 Å². The summed E-state index contributed by atoms with van der Waals surface area (Å²) >= 11 is 0. The van der Waals surface area contributed by atoms with Crippen molar-refractivity contribution in [3.8, 4) is 5.75 Å². The van der Waals surface area contributed by atoms with Gasteiger partial charge in [-0.25, -0.2) is 0 Å². The molecule has 1 aliphatic carbocycles. The first-order chi connectivity index (χ1) is 13.8. The summed E-state index contributed by atoms with van der Waals surface area (Å²) in [6.45, 7) is 7.22. The summed E-state index contributed by atoms with van der Waals surface area (Å²) in [7, 11) is -7.88. The molecule has 0 saturated heterocycles. The third kappa shape index (κ3) is 5.61. The molecule has 0 radical (unpaired) electrons. The minimum absolute atomic E-state index is 0.101. The third-order valence-electron chi connectivity index (χ3n) is 4.59. The van der Waals surface area contributed by atoms with Gasteiger partial charge in [-0.05, 0) is 82.2 Å². The first kappa shape index (κ1) is 24.3. The van der Waals surface area contributed by atoms with Crippen LogP contribution in [0, 0.1) is 0 Å². The Morgan fingerprint density at radius 2 is 1.31 bits per heavy atom. The van der Waals surface area contributed by atoms with E-state index in [1.54, 1.807) is 45.9 Å². The monoisotopic (exact) mass is 446 g/mol. The van der Waals surface area contributed by atoms with E-state index in [2.05, 4.69) is 0 Å². The summed E-state index contributed by atoms with van der Waals surface area (Å²) in [5, 5.41) is 10.1. The van der Waals surface area contributed by atoms with Crippen LogP contribution in [-0.4, -0.2) is 31.5 Å². The molecule has 1 aromatic rings. The average Bonchev–Trinajstić information content (AvgIpc) is 2.68. The summed E-state index contributed by atoms with van der Waals surface area (Å²) < 4.78 is 49.3. The highest BCUT2D eigenvalue weighted by atomic mass is 31.2. The van der Waals surface area contributed by atoms with Crippen molar-refractivity contribution in [2.75, 3.05) is 26.4 Å². The van der Waals surface area contributed by atoms with Gasteiger partial charge in [0.2, 0.25) is 0 Å². The molecular weight excluding hydrogens is 414 g/mol. The lowest BCUT2D eigenvalue weighted by atomic mass is 9.87. The van der Waals surface area contributed by atoms with Gasteiger partial charge in [-0.2, -0.15) is 0 Å². The van der Waals surface area contributed by atoms with Crippen LogP contribution in [-0.2, 0) is 40.1 Å². The number of rotatable bonds is 11. The first-order valence-electron chi connectivity index (χ1n) is 10.2. The van der Waals surface area contributed by atoms with Gasteiger partial charge in [0, 0.05) is 0 Å². The summed E-state index contributed by atoms with van der Waals surface area (Å²) in [5.74, 6) is 0.244. The molecule has 0 spiro atoms. The highest BCUT2D eigenvalue weighted by Crippen LogP contribution is 2.74. The Hall–Kier alpha value is -0.940. The summed E-state index contributed by atoms with van der Waals surface area (Å²) in [6, 6.07) is 3.33. The zero-order valence-corrected chi connectivity index (χ0v) is 19.5. The van der Waals surface area contributed by atoms with Gasteiger partial charge in [-0.15, -0.1) is 0 Å². The number of fused-ring (bicyclic) bond motifs is 1. The molecule has 1 aliphatic rings. The molecule has 29 heavy (non-hydrogen) atoms. The van der Waals surface area contributed by atoms with Gasteiger partial charge in [0.1, 0.15) is 5.75 Å². The third-order valence-corrected chi connectivity index (χ3v) is 9.83. The summed E-state index contributed by atoms with van der Waals surface area (Å²) in [5.41, 5.74) is 2.54. The van der Waals surface area contributed by atoms with Gasteiger partial charge in [0.15, 0.2) is 5.06 Å². The first-order valence-corrected chi connectivity index (χ1v) is 13.3. The fourth-order valence-corrected chi connectivity index (χ4v) is 8.00. The Morgan fingerprint density at radius 1 is 0.862 bits per heavy atom. The SMILES string of the molecule is CCOP(=O)(OCC)C(=Cc1ccc(O)c2c1CCCC2)P(=O)(OCC)OCC. The Bertz CT molecular complexity index is 767. The van der Waals surface area contributed by atoms with Crippen LogP contribution in [0.25, 0.3) is 6.08 Å². The molecule has 9 heteroatoms. The second-order valence-electron chi connectivity index (χ2n) is 6.51. The van der Waals surface area contributed by atoms with Gasteiger partial charge in [-0.1, -0.05) is 6.07 Å². The van der Waals surface area contributed by atoms with E-state index >= 15 is 0 Å². The van der Waals surface area contributed by atoms with Crippen molar-refractivity contribution in [3.05, 3.63) is 33.9 Å². The van der Waals surface area contributed by atoms with Crippen molar-refractivity contribution in [2.24, 2.45) is 0 Å². The van der Waals surface area contributed by atoms with Crippen molar-refractivity contribution >= 4 is 21.3 Å². The minimum atomic E-state index is -3.94. The lowest BCUT2D eigenvalue weighted by molar-refractivity contribution is 0.214. The van der Waals surface area contributed by atoms with E-state index in [1.165, 1.54) is 0 Å². The molecule has 0 unspecified atom stereocenters. The Kier molecular flexibility index (Phi) is 9.15. The van der Waals surface area contributed by atoms with Crippen molar-refractivity contribution in [1.82, 2.24) is 0 Å². The number of benzene rings is 1. The Balaban J connectivity index is 2.73. The quantitative estimate of drug-likeness (QED) is 0.411. The van der Waals surface area contributed by atoms with E-state index in [1.807, 2.05) is 0 Å². The highest BCUT2D eigenvalue weighted by Gasteiger charge is 2.45. The number of phenols is 1. The lowest BCUT2D eigenvalue weighted by Crippen LogP contribution is -2.07. The zero-order chi connectivity index (χ0) is 21.5. The van der Waals surface area contributed by atoms with Gasteiger partial charge in [0.25, 0.3) is 0 Å². The standard InChI is InChI=1S/C20H32O7P2/c1-5-24-28(22,25-6-2)20(29(23,26-7-3)27-8-4)15-16-13-14-19(21)18-12-10-9-11-17(16)18/h13-15,21H,5-12H2,1-4H3. The molecule has 0 saturated carbocycles. The van der Waals surface area contributed by atoms with E-state index < -0.39 is 15.2 Å². The lowest BCUT2D eigenvalue weighted by Gasteiger charge is -2.26. The van der Waals surface area contributed by atoms with E-state index in [0.29, 0.717) is 5.56 Å². The van der Waals surface area contributed by atoms with Crippen LogP contribution >= 0.6 is 15.2 Å². The molecule has 0 aromatic heterocycles. The van der Waals surface area contributed by atoms with E-state index in [0.717, 1.165) is 36.8 Å². The van der Waals surface area contributed by atoms with Crippen molar-refractivity contribution in [2.45, 2.75) is 53.4 Å². The molecule has 2 rings (SSSR count). The molecule has 7 nitrogen and oxygen atoms in total. The van der Waals surface area contributed by atoms with Crippen molar-refractivity contribution < 1.29 is 32.3 Å². The zero-order valence-electron chi connectivity index (χ0n) is 17.7. The van der Waals surface area contributed by atoms with E-state index in [-0.39, 0.29) is 37.2 Å². The van der Waals surface area contributed by atoms with Gasteiger partial charge in [0.05, 0.1) is 26.4 Å². The molecule has 0 atom stereocenters. The summed E-state index contributed by atoms with van der Waals surface area (Å²) in [4.78, 5) is 0. The maximum absolute atomic E-state index is 13.7. The van der Waals surface area contributed by atoms with Crippen LogP contribution in [0.3, 0.4) is 0 Å². The maximum Gasteiger partial charge on any atom is 0.369 e. The Morgan fingerprint density at radius 3 is 1.76 bits per heavy atom. The van der Waals surface area contributed by atoms with Crippen LogP contribution in [0.4, 0.5) is 0 Å². The maximum atomic E-state index is 13.7. The van der Waals surface area contributed by atoms with E-state index in [9.17, 15) is 14.2 Å². The summed E-state index contributed by atoms with van der Waals surface area (Å²) in [6.07, 6.45) is 5.07. The molecular formula is C20H32O7P2. The second-order valence-corrected chi connectivity index (χ2v) is 10.8. The molecule has 0 fully saturated rings. The van der Waals surface area contributed by atoms with Crippen LogP contribution in [0.5, 0.6) is 5.75 Å². The van der Waals surface area contributed by atoms with Crippen LogP contribution in [0.1, 0.15) is 57.2 Å². The second kappa shape index (κ2) is 10.9. The number of aromatic hydroxyl groups is 1. The topological polar surface area (TPSA) is 91.3 Å². The molecule has 0 heterocycles. The molecule has 0 aliphatic heterocycles. The number of phenolic OH excluding ortho intramolecular Hbond substituents is 1. The van der Waals surface area contributed by atoms with Gasteiger partial charge in [-0.3, -0.25) is 9.13 Å².